The van der Waals surface area contributed by atoms with Crippen LogP contribution in [0.2, 0.25) is 0 Å². The largest absolute Gasteiger partial charge is 0.493 e. The molecule has 2 aromatic carbocycles. The number of nitrogens with one attached hydrogen (secondary N) is 1. The zero-order chi connectivity index (χ0) is 25.6. The van der Waals surface area contributed by atoms with Crippen LogP contribution in [-0.4, -0.2) is 44.6 Å². The molecule has 1 heterocycles. The molecule has 0 aliphatic heterocycles. The highest BCUT2D eigenvalue weighted by atomic mass is 19.4. The summed E-state index contributed by atoms with van der Waals surface area (Å²) in [6.45, 7) is -0.667. The fraction of sp³-hybridized carbons (Fsp3) is 0.250. The Bertz CT molecular complexity index is 1150. The minimum absolute atomic E-state index is 0.106. The Morgan fingerprint density at radius 1 is 0.971 bits per heavy atom. The van der Waals surface area contributed by atoms with E-state index in [2.05, 4.69) is 5.32 Å². The molecule has 1 aromatic heterocycles. The van der Waals surface area contributed by atoms with E-state index in [1.165, 1.54) is 51.9 Å². The second-order valence-corrected chi connectivity index (χ2v) is 7.25. The van der Waals surface area contributed by atoms with Gasteiger partial charge in [-0.1, -0.05) is 12.1 Å². The van der Waals surface area contributed by atoms with Crippen molar-refractivity contribution in [1.29, 1.82) is 0 Å². The van der Waals surface area contributed by atoms with Gasteiger partial charge in [-0.15, -0.1) is 0 Å². The lowest BCUT2D eigenvalue weighted by Crippen LogP contribution is -2.37. The maximum absolute atomic E-state index is 13.4. The van der Waals surface area contributed by atoms with Crippen LogP contribution in [0.4, 0.5) is 18.9 Å². The summed E-state index contributed by atoms with van der Waals surface area (Å²) in [5.41, 5.74) is -1.31. The summed E-state index contributed by atoms with van der Waals surface area (Å²) < 4.78 is 61.0. The Balaban J connectivity index is 1.91. The van der Waals surface area contributed by atoms with Gasteiger partial charge in [0.05, 0.1) is 45.4 Å². The van der Waals surface area contributed by atoms with Crippen LogP contribution in [-0.2, 0) is 17.5 Å². The number of benzene rings is 2. The first-order valence-corrected chi connectivity index (χ1v) is 10.3. The number of alkyl halides is 3. The molecule has 0 bridgehead atoms. The molecule has 0 atom stereocenters. The van der Waals surface area contributed by atoms with Crippen LogP contribution in [0.3, 0.4) is 0 Å². The Kier molecular flexibility index (Phi) is 7.90. The monoisotopic (exact) mass is 492 g/mol. The quantitative estimate of drug-likeness (QED) is 0.470. The third-order valence-corrected chi connectivity index (χ3v) is 4.97. The van der Waals surface area contributed by atoms with Crippen molar-refractivity contribution in [2.75, 3.05) is 33.2 Å². The van der Waals surface area contributed by atoms with Gasteiger partial charge in [-0.05, 0) is 36.4 Å². The molecule has 35 heavy (non-hydrogen) atoms. The summed E-state index contributed by atoms with van der Waals surface area (Å²) in [7, 11) is 4.18. The summed E-state index contributed by atoms with van der Waals surface area (Å²) in [6.07, 6.45) is -3.26. The summed E-state index contributed by atoms with van der Waals surface area (Å²) in [6, 6.07) is 10.6. The number of furan rings is 1. The highest BCUT2D eigenvalue weighted by Gasteiger charge is 2.34. The molecule has 2 amide bonds. The van der Waals surface area contributed by atoms with Crippen LogP contribution in [0, 0.1) is 0 Å². The number of carbonyl (C=O) groups is 2. The van der Waals surface area contributed by atoms with Crippen LogP contribution in [0.25, 0.3) is 0 Å². The third-order valence-electron chi connectivity index (χ3n) is 4.97. The van der Waals surface area contributed by atoms with E-state index in [1.807, 2.05) is 0 Å². The van der Waals surface area contributed by atoms with Gasteiger partial charge in [0.25, 0.3) is 5.91 Å². The molecular formula is C24H23F3N2O6. The number of nitrogens with zero attached hydrogens (tertiary/aromatic N) is 1. The second-order valence-electron chi connectivity index (χ2n) is 7.25. The van der Waals surface area contributed by atoms with Gasteiger partial charge in [-0.25, -0.2) is 0 Å². The van der Waals surface area contributed by atoms with Gasteiger partial charge in [-0.3, -0.25) is 9.59 Å². The average molecular weight is 492 g/mol. The third kappa shape index (κ3) is 6.05. The van der Waals surface area contributed by atoms with Crippen LogP contribution in [0.5, 0.6) is 17.2 Å². The molecule has 0 aliphatic carbocycles. The number of rotatable bonds is 9. The normalized spacial score (nSPS) is 11.0. The van der Waals surface area contributed by atoms with E-state index in [9.17, 15) is 22.8 Å². The Hall–Kier alpha value is -4.15. The van der Waals surface area contributed by atoms with Gasteiger partial charge in [0.1, 0.15) is 12.3 Å². The molecule has 0 fully saturated rings. The minimum atomic E-state index is -4.66. The number of hydrogen-bond acceptors (Lipinski definition) is 6. The van der Waals surface area contributed by atoms with Gasteiger partial charge >= 0.3 is 6.18 Å². The van der Waals surface area contributed by atoms with Gasteiger partial charge in [-0.2, -0.15) is 13.2 Å². The maximum Gasteiger partial charge on any atom is 0.418 e. The van der Waals surface area contributed by atoms with Crippen molar-refractivity contribution in [3.05, 3.63) is 71.7 Å². The predicted octanol–water partition coefficient (Wildman–Crippen LogP) is 4.61. The zero-order valence-electron chi connectivity index (χ0n) is 19.1. The first kappa shape index (κ1) is 25.5. The van der Waals surface area contributed by atoms with Crippen molar-refractivity contribution >= 4 is 17.5 Å². The van der Waals surface area contributed by atoms with Crippen molar-refractivity contribution in [3.8, 4) is 17.2 Å². The molecule has 3 rings (SSSR count). The molecule has 0 saturated carbocycles. The van der Waals surface area contributed by atoms with E-state index < -0.39 is 35.8 Å². The van der Waals surface area contributed by atoms with Crippen LogP contribution >= 0.6 is 0 Å². The zero-order valence-corrected chi connectivity index (χ0v) is 19.1. The molecular weight excluding hydrogens is 469 g/mol. The standard InChI is InChI=1S/C24H23F3N2O6/c1-32-19-11-15(12-20(33-2)22(19)34-3)23(31)29(13-16-7-6-10-35-16)14-21(30)28-18-9-5-4-8-17(18)24(25,26)27/h4-12H,13-14H2,1-3H3,(H,28,30). The fourth-order valence-corrected chi connectivity index (χ4v) is 3.38. The lowest BCUT2D eigenvalue weighted by atomic mass is 10.1. The number of carbonyl (C=O) groups excluding carboxylic acids is 2. The Morgan fingerprint density at radius 3 is 2.17 bits per heavy atom. The van der Waals surface area contributed by atoms with Crippen molar-refractivity contribution in [2.45, 2.75) is 12.7 Å². The Morgan fingerprint density at radius 2 is 1.63 bits per heavy atom. The molecule has 0 aliphatic rings. The van der Waals surface area contributed by atoms with Crippen LogP contribution < -0.4 is 19.5 Å². The number of para-hydroxylation sites is 1. The summed E-state index contributed by atoms with van der Waals surface area (Å²) in [5.74, 6) is -0.359. The van der Waals surface area contributed by atoms with Crippen molar-refractivity contribution in [2.24, 2.45) is 0 Å². The molecule has 3 aromatic rings. The van der Waals surface area contributed by atoms with E-state index in [4.69, 9.17) is 18.6 Å². The van der Waals surface area contributed by atoms with Gasteiger partial charge in [0.15, 0.2) is 11.5 Å². The van der Waals surface area contributed by atoms with Crippen molar-refractivity contribution < 1.29 is 41.4 Å². The van der Waals surface area contributed by atoms with Crippen LogP contribution in [0.1, 0.15) is 21.7 Å². The van der Waals surface area contributed by atoms with Crippen molar-refractivity contribution in [3.63, 3.8) is 0 Å². The lowest BCUT2D eigenvalue weighted by molar-refractivity contribution is -0.137. The maximum atomic E-state index is 13.4. The molecule has 11 heteroatoms. The van der Waals surface area contributed by atoms with E-state index in [0.29, 0.717) is 5.76 Å². The van der Waals surface area contributed by atoms with E-state index in [1.54, 1.807) is 12.1 Å². The highest BCUT2D eigenvalue weighted by Crippen LogP contribution is 2.38. The molecule has 0 radical (unpaired) electrons. The van der Waals surface area contributed by atoms with Gasteiger partial charge in [0, 0.05) is 5.56 Å². The van der Waals surface area contributed by atoms with Gasteiger partial charge < -0.3 is 28.8 Å². The first-order valence-electron chi connectivity index (χ1n) is 10.3. The van der Waals surface area contributed by atoms with E-state index in [-0.39, 0.29) is 29.4 Å². The molecule has 0 saturated heterocycles. The number of methoxy groups -OCH3 is 3. The first-order chi connectivity index (χ1) is 16.7. The number of hydrogen-bond donors (Lipinski definition) is 1. The highest BCUT2D eigenvalue weighted by molar-refractivity contribution is 6.00. The summed E-state index contributed by atoms with van der Waals surface area (Å²) >= 11 is 0. The molecule has 186 valence electrons. The molecule has 0 unspecified atom stereocenters. The van der Waals surface area contributed by atoms with Gasteiger partial charge in [0.2, 0.25) is 11.7 Å². The minimum Gasteiger partial charge on any atom is -0.493 e. The van der Waals surface area contributed by atoms with E-state index in [0.717, 1.165) is 17.0 Å². The second kappa shape index (κ2) is 10.9. The number of halogens is 3. The lowest BCUT2D eigenvalue weighted by Gasteiger charge is -2.23. The number of amides is 2. The Labute approximate surface area is 199 Å². The smallest absolute Gasteiger partial charge is 0.418 e. The van der Waals surface area contributed by atoms with Crippen molar-refractivity contribution in [1.82, 2.24) is 4.90 Å². The van der Waals surface area contributed by atoms with E-state index >= 15 is 0 Å². The molecule has 1 N–H and O–H groups in total. The predicted molar refractivity (Wildman–Crippen MR) is 120 cm³/mol. The number of ether oxygens (including phenoxy) is 3. The summed E-state index contributed by atoms with van der Waals surface area (Å²) in [5, 5.41) is 2.24. The van der Waals surface area contributed by atoms with Crippen LogP contribution in [0.15, 0.2) is 59.2 Å². The molecule has 8 nitrogen and oxygen atoms in total. The average Bonchev–Trinajstić information content (AvgIpc) is 3.35. The molecule has 0 spiro atoms. The fourth-order valence-electron chi connectivity index (χ4n) is 3.38. The SMILES string of the molecule is COc1cc(C(=O)N(CC(=O)Nc2ccccc2C(F)(F)F)Cc2ccco2)cc(OC)c1OC. The number of anilines is 1. The topological polar surface area (TPSA) is 90.2 Å². The summed E-state index contributed by atoms with van der Waals surface area (Å²) in [4.78, 5) is 27.3.